The Balaban J connectivity index is 1.47. The Morgan fingerprint density at radius 1 is 0.833 bits per heavy atom. The fraction of sp³-hybridized carbons (Fsp3) is 0.185. The van der Waals surface area contributed by atoms with Crippen LogP contribution in [0.4, 0.5) is 4.39 Å². The van der Waals surface area contributed by atoms with Gasteiger partial charge in [-0.05, 0) is 59.2 Å². The van der Waals surface area contributed by atoms with E-state index in [4.69, 9.17) is 0 Å². The summed E-state index contributed by atoms with van der Waals surface area (Å²) in [4.78, 5) is 3.82. The summed E-state index contributed by atoms with van der Waals surface area (Å²) in [5.74, 6) is -0.183. The van der Waals surface area contributed by atoms with Crippen molar-refractivity contribution in [1.82, 2.24) is 4.90 Å². The maximum Gasteiger partial charge on any atom is 0.123 e. The summed E-state index contributed by atoms with van der Waals surface area (Å²) in [6, 6.07) is 28.5. The molecule has 3 aromatic carbocycles. The number of piperidine rings is 1. The topological polar surface area (TPSA) is 3.24 Å². The minimum absolute atomic E-state index is 0.183. The van der Waals surface area contributed by atoms with E-state index in [1.165, 1.54) is 31.7 Å². The van der Waals surface area contributed by atoms with Crippen LogP contribution in [-0.2, 0) is 6.54 Å². The first-order valence-corrected chi connectivity index (χ1v) is 11.3. The molecule has 5 rings (SSSR count). The Labute approximate surface area is 181 Å². The van der Waals surface area contributed by atoms with Crippen LogP contribution in [0.25, 0.3) is 15.7 Å². The molecule has 1 aliphatic heterocycles. The van der Waals surface area contributed by atoms with Gasteiger partial charge in [0.05, 0.1) is 0 Å². The zero-order valence-corrected chi connectivity index (χ0v) is 17.7. The third-order valence-electron chi connectivity index (χ3n) is 5.87. The predicted octanol–water partition coefficient (Wildman–Crippen LogP) is 7.14. The van der Waals surface area contributed by atoms with Gasteiger partial charge in [-0.25, -0.2) is 4.39 Å². The normalized spacial score (nSPS) is 14.9. The molecule has 0 amide bonds. The van der Waals surface area contributed by atoms with Gasteiger partial charge >= 0.3 is 0 Å². The quantitative estimate of drug-likeness (QED) is 0.344. The zero-order chi connectivity index (χ0) is 20.3. The van der Waals surface area contributed by atoms with Crippen LogP contribution in [0.1, 0.15) is 28.8 Å². The third kappa shape index (κ3) is 4.09. The van der Waals surface area contributed by atoms with Crippen molar-refractivity contribution in [3.8, 4) is 0 Å². The predicted molar refractivity (Wildman–Crippen MR) is 125 cm³/mol. The number of hydrogen-bond donors (Lipinski definition) is 0. The molecule has 1 saturated heterocycles. The fourth-order valence-electron chi connectivity index (χ4n) is 4.31. The molecule has 3 heteroatoms. The van der Waals surface area contributed by atoms with Gasteiger partial charge in [0.2, 0.25) is 0 Å². The van der Waals surface area contributed by atoms with Crippen LogP contribution in [0.15, 0.2) is 90.5 Å². The van der Waals surface area contributed by atoms with E-state index in [-0.39, 0.29) is 5.82 Å². The lowest BCUT2D eigenvalue weighted by atomic mass is 9.91. The fourth-order valence-corrected chi connectivity index (χ4v) is 5.49. The van der Waals surface area contributed by atoms with Crippen molar-refractivity contribution in [3.05, 3.63) is 112 Å². The van der Waals surface area contributed by atoms with Gasteiger partial charge in [0.1, 0.15) is 5.82 Å². The minimum atomic E-state index is -0.183. The van der Waals surface area contributed by atoms with Gasteiger partial charge in [-0.1, -0.05) is 66.2 Å². The largest absolute Gasteiger partial charge is 0.298 e. The van der Waals surface area contributed by atoms with E-state index in [1.54, 1.807) is 12.1 Å². The second-order valence-electron chi connectivity index (χ2n) is 7.90. The van der Waals surface area contributed by atoms with Crippen LogP contribution in [-0.4, -0.2) is 18.0 Å². The van der Waals surface area contributed by atoms with Gasteiger partial charge in [-0.15, -0.1) is 11.3 Å². The van der Waals surface area contributed by atoms with Crippen LogP contribution >= 0.6 is 11.3 Å². The van der Waals surface area contributed by atoms with Gasteiger partial charge in [0.15, 0.2) is 0 Å². The molecule has 0 atom stereocenters. The Hall–Kier alpha value is -2.75. The first-order valence-electron chi connectivity index (χ1n) is 10.5. The molecule has 0 aliphatic carbocycles. The summed E-state index contributed by atoms with van der Waals surface area (Å²) in [5, 5.41) is 1.28. The van der Waals surface area contributed by atoms with Crippen molar-refractivity contribution < 1.29 is 4.39 Å². The number of fused-ring (bicyclic) bond motifs is 1. The Bertz CT molecular complexity index is 1130. The first kappa shape index (κ1) is 19.2. The number of hydrogen-bond acceptors (Lipinski definition) is 2. The zero-order valence-electron chi connectivity index (χ0n) is 16.9. The van der Waals surface area contributed by atoms with Crippen molar-refractivity contribution in [2.45, 2.75) is 19.4 Å². The molecule has 0 saturated carbocycles. The van der Waals surface area contributed by atoms with Gasteiger partial charge < -0.3 is 0 Å². The second-order valence-corrected chi connectivity index (χ2v) is 8.98. The molecule has 0 unspecified atom stereocenters. The van der Waals surface area contributed by atoms with E-state index in [0.717, 1.165) is 38.0 Å². The molecule has 0 spiro atoms. The van der Waals surface area contributed by atoms with E-state index in [2.05, 4.69) is 65.6 Å². The Morgan fingerprint density at radius 3 is 2.27 bits per heavy atom. The maximum atomic E-state index is 13.6. The molecule has 1 fully saturated rings. The molecule has 1 nitrogen and oxygen atoms in total. The summed E-state index contributed by atoms with van der Waals surface area (Å²) < 4.78 is 14.9. The SMILES string of the molecule is Fc1ccc(C(=C2CCN(Cc3ccccc3)CC2)c2cc3ccccc3s2)cc1. The Morgan fingerprint density at radius 2 is 1.53 bits per heavy atom. The molecular weight excluding hydrogens is 389 g/mol. The summed E-state index contributed by atoms with van der Waals surface area (Å²) in [7, 11) is 0. The monoisotopic (exact) mass is 413 g/mol. The van der Waals surface area contributed by atoms with E-state index in [9.17, 15) is 4.39 Å². The van der Waals surface area contributed by atoms with Gasteiger partial charge in [-0.2, -0.15) is 0 Å². The highest BCUT2D eigenvalue weighted by Crippen LogP contribution is 2.38. The minimum Gasteiger partial charge on any atom is -0.298 e. The number of thiophene rings is 1. The number of nitrogens with zero attached hydrogens (tertiary/aromatic N) is 1. The number of rotatable bonds is 4. The average molecular weight is 414 g/mol. The number of benzene rings is 3. The van der Waals surface area contributed by atoms with Crippen molar-refractivity contribution in [3.63, 3.8) is 0 Å². The average Bonchev–Trinajstić information content (AvgIpc) is 3.21. The third-order valence-corrected chi connectivity index (χ3v) is 7.00. The lowest BCUT2D eigenvalue weighted by Gasteiger charge is -2.30. The second kappa shape index (κ2) is 8.55. The molecule has 1 aromatic heterocycles. The molecule has 150 valence electrons. The van der Waals surface area contributed by atoms with Gasteiger partial charge in [0.25, 0.3) is 0 Å². The molecule has 0 radical (unpaired) electrons. The highest BCUT2D eigenvalue weighted by atomic mass is 32.1. The first-order chi connectivity index (χ1) is 14.8. The van der Waals surface area contributed by atoms with E-state index >= 15 is 0 Å². The summed E-state index contributed by atoms with van der Waals surface area (Å²) >= 11 is 1.84. The summed E-state index contributed by atoms with van der Waals surface area (Å²) in [5.41, 5.74) is 5.27. The van der Waals surface area contributed by atoms with Crippen LogP contribution in [0.2, 0.25) is 0 Å². The van der Waals surface area contributed by atoms with Crippen LogP contribution < -0.4 is 0 Å². The van der Waals surface area contributed by atoms with Gasteiger partial charge in [0, 0.05) is 29.2 Å². The van der Waals surface area contributed by atoms with Crippen LogP contribution in [0, 0.1) is 5.82 Å². The van der Waals surface area contributed by atoms with Crippen molar-refractivity contribution >= 4 is 27.0 Å². The van der Waals surface area contributed by atoms with Crippen molar-refractivity contribution in [2.75, 3.05) is 13.1 Å². The van der Waals surface area contributed by atoms with Crippen molar-refractivity contribution in [2.24, 2.45) is 0 Å². The van der Waals surface area contributed by atoms with Crippen LogP contribution in [0.3, 0.4) is 0 Å². The van der Waals surface area contributed by atoms with E-state index < -0.39 is 0 Å². The number of likely N-dealkylation sites (tertiary alicyclic amines) is 1. The Kier molecular flexibility index (Phi) is 5.48. The molecule has 0 N–H and O–H groups in total. The molecule has 30 heavy (non-hydrogen) atoms. The standard InChI is InChI=1S/C27H24FNS/c28-24-12-10-21(11-13-24)27(26-18-23-8-4-5-9-25(23)30-26)22-14-16-29(17-15-22)19-20-6-2-1-3-7-20/h1-13,18H,14-17,19H2. The van der Waals surface area contributed by atoms with E-state index in [1.807, 2.05) is 23.5 Å². The number of halogens is 1. The highest BCUT2D eigenvalue weighted by Gasteiger charge is 2.20. The lowest BCUT2D eigenvalue weighted by molar-refractivity contribution is 0.248. The summed E-state index contributed by atoms with van der Waals surface area (Å²) in [6.45, 7) is 3.11. The molecule has 4 aromatic rings. The molecule has 2 heterocycles. The highest BCUT2D eigenvalue weighted by molar-refractivity contribution is 7.20. The van der Waals surface area contributed by atoms with E-state index in [0.29, 0.717) is 0 Å². The van der Waals surface area contributed by atoms with Gasteiger partial charge in [-0.3, -0.25) is 4.90 Å². The maximum absolute atomic E-state index is 13.6. The molecular formula is C27H24FNS. The lowest BCUT2D eigenvalue weighted by Crippen LogP contribution is -2.30. The summed E-state index contributed by atoms with van der Waals surface area (Å²) in [6.07, 6.45) is 2.10. The van der Waals surface area contributed by atoms with Crippen LogP contribution in [0.5, 0.6) is 0 Å². The smallest absolute Gasteiger partial charge is 0.123 e. The molecule has 1 aliphatic rings. The molecule has 0 bridgehead atoms. The van der Waals surface area contributed by atoms with Crippen molar-refractivity contribution in [1.29, 1.82) is 0 Å².